The summed E-state index contributed by atoms with van der Waals surface area (Å²) >= 11 is 0. The molecule has 3 heteroatoms. The van der Waals surface area contributed by atoms with Crippen molar-refractivity contribution in [2.75, 3.05) is 39.6 Å². The van der Waals surface area contributed by atoms with Crippen LogP contribution < -0.4 is 0 Å². The molecule has 1 aliphatic heterocycles. The maximum atomic E-state index is 3.78. The first-order valence-electron chi connectivity index (χ1n) is 5.30. The van der Waals surface area contributed by atoms with Gasteiger partial charge < -0.3 is 0 Å². The lowest BCUT2D eigenvalue weighted by molar-refractivity contribution is -0.0111. The van der Waals surface area contributed by atoms with E-state index in [0.717, 1.165) is 39.6 Å². The minimum Gasteiger partial charge on any atom is -0.274 e. The quantitative estimate of drug-likeness (QED) is 0.612. The van der Waals surface area contributed by atoms with Crippen LogP contribution in [0.1, 0.15) is 1.43 Å². The van der Waals surface area contributed by atoms with E-state index in [4.69, 9.17) is 0 Å². The summed E-state index contributed by atoms with van der Waals surface area (Å²) in [5.74, 6) is 0. The highest BCUT2D eigenvalue weighted by Crippen LogP contribution is 2.07. The van der Waals surface area contributed by atoms with Crippen LogP contribution in [-0.4, -0.2) is 54.3 Å². The number of hydrogen-bond donors (Lipinski definition) is 0. The first-order valence-corrected chi connectivity index (χ1v) is 5.30. The van der Waals surface area contributed by atoms with Gasteiger partial charge in [-0.2, -0.15) is 0 Å². The lowest BCUT2D eigenvalue weighted by Gasteiger charge is -2.41. The molecule has 1 aliphatic rings. The number of nitrogens with zero attached hydrogens (tertiary/aromatic N) is 3. The zero-order valence-electron chi connectivity index (χ0n) is 10.4. The molecular formula is C12H22N3+. The van der Waals surface area contributed by atoms with Gasteiger partial charge in [-0.1, -0.05) is 18.2 Å². The molecule has 0 amide bonds. The molecule has 0 aromatic rings. The average molecular weight is 208 g/mol. The second kappa shape index (κ2) is 6.56. The van der Waals surface area contributed by atoms with Gasteiger partial charge in [0.05, 0.1) is 20.0 Å². The van der Waals surface area contributed by atoms with E-state index in [0.29, 0.717) is 0 Å². The fraction of sp³-hybridized carbons (Fsp3) is 0.500. The van der Waals surface area contributed by atoms with Crippen molar-refractivity contribution in [2.24, 2.45) is 0 Å². The highest BCUT2D eigenvalue weighted by Gasteiger charge is 2.20. The average Bonchev–Trinajstić information content (AvgIpc) is 2.19. The van der Waals surface area contributed by atoms with Gasteiger partial charge in [0.15, 0.2) is 0 Å². The van der Waals surface area contributed by atoms with Crippen molar-refractivity contribution < 1.29 is 1.43 Å². The Balaban J connectivity index is 0.00000225. The molecule has 0 aliphatic carbocycles. The predicted molar refractivity (Wildman–Crippen MR) is 66.4 cm³/mol. The summed E-state index contributed by atoms with van der Waals surface area (Å²) in [6.07, 6.45) is 5.84. The molecule has 0 unspecified atom stereocenters. The second-order valence-corrected chi connectivity index (χ2v) is 3.85. The van der Waals surface area contributed by atoms with Gasteiger partial charge >= 0.3 is 1.43 Å². The monoisotopic (exact) mass is 208 g/mol. The normalized spacial score (nSPS) is 20.0. The molecule has 0 aromatic heterocycles. The van der Waals surface area contributed by atoms with Crippen molar-refractivity contribution in [3.63, 3.8) is 0 Å². The molecular weight excluding hydrogens is 186 g/mol. The summed E-state index contributed by atoms with van der Waals surface area (Å²) in [7, 11) is 0. The Morgan fingerprint density at radius 1 is 0.733 bits per heavy atom. The van der Waals surface area contributed by atoms with Gasteiger partial charge in [0.1, 0.15) is 0 Å². The van der Waals surface area contributed by atoms with Crippen LogP contribution in [0.3, 0.4) is 0 Å². The molecule has 0 bridgehead atoms. The van der Waals surface area contributed by atoms with E-state index in [1.165, 1.54) is 0 Å². The van der Waals surface area contributed by atoms with Gasteiger partial charge in [-0.3, -0.25) is 14.7 Å². The Hall–Kier alpha value is -0.900. The number of hydrogen-bond acceptors (Lipinski definition) is 3. The topological polar surface area (TPSA) is 9.72 Å². The van der Waals surface area contributed by atoms with Crippen LogP contribution in [-0.2, 0) is 0 Å². The standard InChI is InChI=1S/C12H21N3/c1-4-7-13-10-14(8-5-2)12-15(11-13)9-6-3/h4-6H,1-3,7-12H2/p+1. The van der Waals surface area contributed by atoms with E-state index >= 15 is 0 Å². The van der Waals surface area contributed by atoms with Gasteiger partial charge in [-0.25, -0.2) is 0 Å². The second-order valence-electron chi connectivity index (χ2n) is 3.85. The zero-order chi connectivity index (χ0) is 11.1. The largest absolute Gasteiger partial charge is 1.00 e. The summed E-state index contributed by atoms with van der Waals surface area (Å²) in [5, 5.41) is 0. The minimum atomic E-state index is 0. The molecule has 0 radical (unpaired) electrons. The molecule has 1 fully saturated rings. The molecule has 1 heterocycles. The van der Waals surface area contributed by atoms with Crippen molar-refractivity contribution >= 4 is 0 Å². The van der Waals surface area contributed by atoms with E-state index in [2.05, 4.69) is 34.4 Å². The van der Waals surface area contributed by atoms with Gasteiger partial charge in [0.25, 0.3) is 0 Å². The molecule has 0 aromatic carbocycles. The third-order valence-corrected chi connectivity index (χ3v) is 2.36. The molecule has 0 spiro atoms. The highest BCUT2D eigenvalue weighted by atomic mass is 15.5. The summed E-state index contributed by atoms with van der Waals surface area (Å²) in [4.78, 5) is 7.05. The molecule has 0 atom stereocenters. The summed E-state index contributed by atoms with van der Waals surface area (Å²) in [5.41, 5.74) is 0. The Kier molecular flexibility index (Phi) is 5.32. The maximum Gasteiger partial charge on any atom is 1.00 e. The van der Waals surface area contributed by atoms with Crippen molar-refractivity contribution in [2.45, 2.75) is 0 Å². The predicted octanol–water partition coefficient (Wildman–Crippen LogP) is 1.45. The third kappa shape index (κ3) is 4.00. The van der Waals surface area contributed by atoms with Crippen LogP contribution in [0.25, 0.3) is 0 Å². The lowest BCUT2D eigenvalue weighted by Crippen LogP contribution is -2.54. The zero-order valence-corrected chi connectivity index (χ0v) is 9.44. The van der Waals surface area contributed by atoms with E-state index in [9.17, 15) is 0 Å². The SMILES string of the molecule is C=CCN1CN(CC=C)CN(CC=C)C1.[H+]. The van der Waals surface area contributed by atoms with Crippen molar-refractivity contribution in [3.8, 4) is 0 Å². The summed E-state index contributed by atoms with van der Waals surface area (Å²) in [6.45, 7) is 17.1. The summed E-state index contributed by atoms with van der Waals surface area (Å²) in [6, 6.07) is 0. The molecule has 3 nitrogen and oxygen atoms in total. The van der Waals surface area contributed by atoms with Gasteiger partial charge in [0.2, 0.25) is 0 Å². The van der Waals surface area contributed by atoms with Gasteiger partial charge in [-0.15, -0.1) is 19.7 Å². The lowest BCUT2D eigenvalue weighted by atomic mass is 10.4. The fourth-order valence-corrected chi connectivity index (χ4v) is 1.88. The van der Waals surface area contributed by atoms with Gasteiger partial charge in [-0.05, 0) is 0 Å². The Bertz CT molecular complexity index is 186. The Morgan fingerprint density at radius 3 is 1.20 bits per heavy atom. The molecule has 84 valence electrons. The van der Waals surface area contributed by atoms with Crippen LogP contribution >= 0.6 is 0 Å². The van der Waals surface area contributed by atoms with Crippen LogP contribution in [0.2, 0.25) is 0 Å². The van der Waals surface area contributed by atoms with Crippen LogP contribution in [0, 0.1) is 0 Å². The smallest absolute Gasteiger partial charge is 0.274 e. The van der Waals surface area contributed by atoms with Crippen molar-refractivity contribution in [1.29, 1.82) is 0 Å². The molecule has 0 saturated carbocycles. The van der Waals surface area contributed by atoms with Crippen LogP contribution in [0.5, 0.6) is 0 Å². The fourth-order valence-electron chi connectivity index (χ4n) is 1.88. The Labute approximate surface area is 94.4 Å². The highest BCUT2D eigenvalue weighted by molar-refractivity contribution is 4.82. The van der Waals surface area contributed by atoms with Crippen LogP contribution in [0.15, 0.2) is 38.0 Å². The number of rotatable bonds is 6. The third-order valence-electron chi connectivity index (χ3n) is 2.36. The Morgan fingerprint density at radius 2 is 1.00 bits per heavy atom. The van der Waals surface area contributed by atoms with E-state index in [1.54, 1.807) is 0 Å². The van der Waals surface area contributed by atoms with E-state index in [1.807, 2.05) is 18.2 Å². The minimum absolute atomic E-state index is 0. The van der Waals surface area contributed by atoms with E-state index in [-0.39, 0.29) is 1.43 Å². The van der Waals surface area contributed by atoms with Crippen LogP contribution in [0.4, 0.5) is 0 Å². The maximum absolute atomic E-state index is 3.78. The molecule has 15 heavy (non-hydrogen) atoms. The first kappa shape index (κ1) is 12.2. The van der Waals surface area contributed by atoms with Gasteiger partial charge in [0, 0.05) is 19.6 Å². The molecule has 0 N–H and O–H groups in total. The van der Waals surface area contributed by atoms with E-state index < -0.39 is 0 Å². The molecule has 1 rings (SSSR count). The molecule has 1 saturated heterocycles. The first-order chi connectivity index (χ1) is 7.30. The van der Waals surface area contributed by atoms with Crippen molar-refractivity contribution in [3.05, 3.63) is 38.0 Å². The van der Waals surface area contributed by atoms with Crippen molar-refractivity contribution in [1.82, 2.24) is 14.7 Å². The summed E-state index contributed by atoms with van der Waals surface area (Å²) < 4.78 is 0.